The second-order valence-corrected chi connectivity index (χ2v) is 7.95. The van der Waals surface area contributed by atoms with Gasteiger partial charge in [0, 0.05) is 16.3 Å². The zero-order valence-electron chi connectivity index (χ0n) is 13.7. The molecule has 0 aromatic carbocycles. The molecule has 2 aromatic rings. The number of nitrogens with one attached hydrogen (secondary N) is 1. The Morgan fingerprint density at radius 3 is 2.71 bits per heavy atom. The molecule has 128 valence electrons. The molecule has 1 fully saturated rings. The Morgan fingerprint density at radius 1 is 1.33 bits per heavy atom. The molecule has 1 N–H and O–H groups in total. The number of nitrogens with zero attached hydrogens (tertiary/aromatic N) is 3. The molecule has 1 aliphatic heterocycles. The predicted molar refractivity (Wildman–Crippen MR) is 97.9 cm³/mol. The summed E-state index contributed by atoms with van der Waals surface area (Å²) in [7, 11) is 0. The maximum Gasteiger partial charge on any atom is 0.410 e. The molecule has 0 unspecified atom stereocenters. The number of fused-ring (bicyclic) bond motifs is 1. The van der Waals surface area contributed by atoms with Crippen LogP contribution in [0.4, 0.5) is 10.6 Å². The van der Waals surface area contributed by atoms with E-state index >= 15 is 0 Å². The number of imidazole rings is 1. The number of halogens is 1. The zero-order chi connectivity index (χ0) is 17.5. The van der Waals surface area contributed by atoms with Gasteiger partial charge >= 0.3 is 6.09 Å². The minimum Gasteiger partial charge on any atom is -0.444 e. The molecule has 3 heterocycles. The lowest BCUT2D eigenvalue weighted by Gasteiger charge is -2.39. The van der Waals surface area contributed by atoms with Gasteiger partial charge in [0.15, 0.2) is 5.82 Å². The first kappa shape index (κ1) is 17.0. The average Bonchev–Trinajstić information content (AvgIpc) is 2.75. The average molecular weight is 442 g/mol. The molecule has 7 nitrogen and oxygen atoms in total. The van der Waals surface area contributed by atoms with Gasteiger partial charge in [0.25, 0.3) is 0 Å². The summed E-state index contributed by atoms with van der Waals surface area (Å²) in [6.07, 6.45) is 3.84. The number of carbonyl (C=O) groups excluding carboxylic acids is 2. The highest BCUT2D eigenvalue weighted by Gasteiger charge is 2.40. The molecule has 1 saturated heterocycles. The molecule has 0 spiro atoms. The number of rotatable bonds is 2. The van der Waals surface area contributed by atoms with Crippen LogP contribution in [0.25, 0.3) is 5.65 Å². The minimum atomic E-state index is -0.577. The van der Waals surface area contributed by atoms with Gasteiger partial charge < -0.3 is 14.5 Å². The van der Waals surface area contributed by atoms with Gasteiger partial charge in [-0.1, -0.05) is 0 Å². The van der Waals surface area contributed by atoms with Crippen LogP contribution in [-0.2, 0) is 9.53 Å². The van der Waals surface area contributed by atoms with E-state index < -0.39 is 17.7 Å². The van der Waals surface area contributed by atoms with Crippen LogP contribution < -0.4 is 5.32 Å². The number of ether oxygens (including phenoxy) is 1. The van der Waals surface area contributed by atoms with Crippen molar-refractivity contribution in [2.24, 2.45) is 0 Å². The number of likely N-dealkylation sites (tertiary alicyclic amines) is 1. The third-order valence-corrected chi connectivity index (χ3v) is 4.25. The van der Waals surface area contributed by atoms with Gasteiger partial charge in [-0.05, 0) is 61.9 Å². The molecule has 1 atom stereocenters. The van der Waals surface area contributed by atoms with Gasteiger partial charge in [-0.2, -0.15) is 0 Å². The summed E-state index contributed by atoms with van der Waals surface area (Å²) < 4.78 is 8.25. The fourth-order valence-electron chi connectivity index (χ4n) is 2.43. The maximum absolute atomic E-state index is 12.4. The van der Waals surface area contributed by atoms with Crippen molar-refractivity contribution in [3.63, 3.8) is 0 Å². The molecule has 1 aliphatic rings. The van der Waals surface area contributed by atoms with Crippen molar-refractivity contribution in [1.29, 1.82) is 0 Å². The summed E-state index contributed by atoms with van der Waals surface area (Å²) in [5, 5.41) is 2.78. The third-order valence-electron chi connectivity index (χ3n) is 3.62. The van der Waals surface area contributed by atoms with Crippen LogP contribution in [0.3, 0.4) is 0 Å². The molecule has 0 bridgehead atoms. The molecular weight excluding hydrogens is 423 g/mol. The second kappa shape index (κ2) is 6.23. The topological polar surface area (TPSA) is 75.9 Å². The molecule has 2 amide bonds. The first-order valence-electron chi connectivity index (χ1n) is 7.68. The number of pyridine rings is 1. The second-order valence-electron chi connectivity index (χ2n) is 6.71. The van der Waals surface area contributed by atoms with Crippen molar-refractivity contribution in [2.75, 3.05) is 11.9 Å². The van der Waals surface area contributed by atoms with Crippen molar-refractivity contribution >= 4 is 46.1 Å². The molecule has 0 saturated carbocycles. The Hall–Kier alpha value is -1.84. The monoisotopic (exact) mass is 442 g/mol. The summed E-state index contributed by atoms with van der Waals surface area (Å²) in [6, 6.07) is 3.32. The number of carbonyl (C=O) groups is 2. The van der Waals surface area contributed by atoms with Crippen molar-refractivity contribution in [3.8, 4) is 0 Å². The van der Waals surface area contributed by atoms with E-state index in [4.69, 9.17) is 4.74 Å². The van der Waals surface area contributed by atoms with E-state index in [1.165, 1.54) is 4.90 Å². The van der Waals surface area contributed by atoms with Crippen LogP contribution in [0.15, 0.2) is 24.5 Å². The standard InChI is InChI=1S/C16H19IN4O3/c1-16(2,3)24-15(23)21-7-6-11(21)14(22)19-12-9-20-8-10(17)4-5-13(20)18-12/h4-5,8-9,11H,6-7H2,1-3H3,(H,19,22)/t11-/m0/s1. The van der Waals surface area contributed by atoms with E-state index in [-0.39, 0.29) is 5.91 Å². The highest BCUT2D eigenvalue weighted by molar-refractivity contribution is 14.1. The lowest BCUT2D eigenvalue weighted by molar-refractivity contribution is -0.125. The third kappa shape index (κ3) is 3.63. The Morgan fingerprint density at radius 2 is 2.08 bits per heavy atom. The number of hydrogen-bond donors (Lipinski definition) is 1. The van der Waals surface area contributed by atoms with Gasteiger partial charge in [-0.15, -0.1) is 0 Å². The van der Waals surface area contributed by atoms with Crippen LogP contribution in [-0.4, -0.2) is 44.5 Å². The molecule has 2 aromatic heterocycles. The minimum absolute atomic E-state index is 0.245. The van der Waals surface area contributed by atoms with Gasteiger partial charge in [-0.25, -0.2) is 9.78 Å². The Labute approximate surface area is 153 Å². The number of amides is 2. The summed E-state index contributed by atoms with van der Waals surface area (Å²) >= 11 is 2.21. The molecule has 24 heavy (non-hydrogen) atoms. The SMILES string of the molecule is CC(C)(C)OC(=O)N1CC[C@H]1C(=O)Nc1cn2cc(I)ccc2n1. The first-order valence-corrected chi connectivity index (χ1v) is 8.75. The van der Waals surface area contributed by atoms with Crippen LogP contribution in [0.1, 0.15) is 27.2 Å². The van der Waals surface area contributed by atoms with Crippen LogP contribution in [0.2, 0.25) is 0 Å². The number of hydrogen-bond acceptors (Lipinski definition) is 4. The van der Waals surface area contributed by atoms with Crippen molar-refractivity contribution in [2.45, 2.75) is 38.8 Å². The van der Waals surface area contributed by atoms with E-state index in [9.17, 15) is 9.59 Å². The van der Waals surface area contributed by atoms with Crippen LogP contribution in [0.5, 0.6) is 0 Å². The Bertz CT molecular complexity index is 796. The van der Waals surface area contributed by atoms with E-state index in [0.717, 1.165) is 9.22 Å². The van der Waals surface area contributed by atoms with Gasteiger partial charge in [-0.3, -0.25) is 9.69 Å². The van der Waals surface area contributed by atoms with E-state index in [1.807, 2.05) is 22.7 Å². The first-order chi connectivity index (χ1) is 11.2. The van der Waals surface area contributed by atoms with Crippen molar-refractivity contribution in [3.05, 3.63) is 28.1 Å². The normalized spacial score (nSPS) is 17.5. The lowest BCUT2D eigenvalue weighted by Crippen LogP contribution is -2.57. The molecular formula is C16H19IN4O3. The van der Waals surface area contributed by atoms with E-state index in [1.54, 1.807) is 27.0 Å². The highest BCUT2D eigenvalue weighted by Crippen LogP contribution is 2.23. The highest BCUT2D eigenvalue weighted by atomic mass is 127. The summed E-state index contributed by atoms with van der Waals surface area (Å²) in [5.74, 6) is 0.225. The fourth-order valence-corrected chi connectivity index (χ4v) is 2.91. The van der Waals surface area contributed by atoms with Gasteiger partial charge in [0.05, 0.1) is 6.20 Å². The molecule has 8 heteroatoms. The fraction of sp³-hybridized carbons (Fsp3) is 0.438. The van der Waals surface area contributed by atoms with Crippen molar-refractivity contribution < 1.29 is 14.3 Å². The molecule has 0 aliphatic carbocycles. The number of anilines is 1. The van der Waals surface area contributed by atoms with Gasteiger partial charge in [0.2, 0.25) is 5.91 Å². The van der Waals surface area contributed by atoms with Crippen LogP contribution >= 0.6 is 22.6 Å². The van der Waals surface area contributed by atoms with Gasteiger partial charge in [0.1, 0.15) is 17.3 Å². The van der Waals surface area contributed by atoms with Crippen molar-refractivity contribution in [1.82, 2.24) is 14.3 Å². The summed E-state index contributed by atoms with van der Waals surface area (Å²) in [6.45, 7) is 5.93. The Balaban J connectivity index is 1.66. The number of aromatic nitrogens is 2. The van der Waals surface area contributed by atoms with E-state index in [0.29, 0.717) is 18.8 Å². The molecule has 3 rings (SSSR count). The smallest absolute Gasteiger partial charge is 0.410 e. The predicted octanol–water partition coefficient (Wildman–Crippen LogP) is 2.89. The maximum atomic E-state index is 12.4. The molecule has 0 radical (unpaired) electrons. The summed E-state index contributed by atoms with van der Waals surface area (Å²) in [5.41, 5.74) is 0.176. The quantitative estimate of drug-likeness (QED) is 0.726. The largest absolute Gasteiger partial charge is 0.444 e. The lowest BCUT2D eigenvalue weighted by atomic mass is 10.0. The van der Waals surface area contributed by atoms with E-state index in [2.05, 4.69) is 32.9 Å². The van der Waals surface area contributed by atoms with Crippen LogP contribution in [0, 0.1) is 3.57 Å². The zero-order valence-corrected chi connectivity index (χ0v) is 15.9. The summed E-state index contributed by atoms with van der Waals surface area (Å²) in [4.78, 5) is 30.3. The Kier molecular flexibility index (Phi) is 4.41.